The zero-order valence-electron chi connectivity index (χ0n) is 11.9. The fourth-order valence-corrected chi connectivity index (χ4v) is 2.38. The number of hydrogen-bond acceptors (Lipinski definition) is 6. The third-order valence-electron chi connectivity index (χ3n) is 2.71. The summed E-state index contributed by atoms with van der Waals surface area (Å²) >= 11 is 1.29. The van der Waals surface area contributed by atoms with Gasteiger partial charge in [0, 0.05) is 12.6 Å². The Balaban J connectivity index is 2.28. The smallest absolute Gasteiger partial charge is 0.221 e. The van der Waals surface area contributed by atoms with Gasteiger partial charge in [0.1, 0.15) is 5.78 Å². The number of aromatic nitrogens is 4. The van der Waals surface area contributed by atoms with Gasteiger partial charge in [0.25, 0.3) is 0 Å². The van der Waals surface area contributed by atoms with E-state index in [1.165, 1.54) is 30.3 Å². The number of thioether (sulfide) groups is 1. The van der Waals surface area contributed by atoms with Gasteiger partial charge in [-0.15, -0.1) is 5.10 Å². The number of carbonyl (C=O) groups is 2. The zero-order chi connectivity index (χ0) is 15.4. The highest BCUT2D eigenvalue weighted by molar-refractivity contribution is 8.00. The van der Waals surface area contributed by atoms with Crippen molar-refractivity contribution in [3.63, 3.8) is 0 Å². The highest BCUT2D eigenvalue weighted by Crippen LogP contribution is 2.24. The first-order valence-electron chi connectivity index (χ1n) is 6.31. The fraction of sp³-hybridized carbons (Fsp3) is 0.308. The van der Waals surface area contributed by atoms with E-state index in [1.54, 1.807) is 25.1 Å². The van der Waals surface area contributed by atoms with Crippen molar-refractivity contribution in [3.8, 4) is 5.69 Å². The highest BCUT2D eigenvalue weighted by atomic mass is 32.2. The van der Waals surface area contributed by atoms with Crippen LogP contribution in [-0.4, -0.2) is 37.1 Å². The van der Waals surface area contributed by atoms with Crippen LogP contribution in [0.15, 0.2) is 29.4 Å². The van der Waals surface area contributed by atoms with Crippen molar-refractivity contribution in [2.45, 2.75) is 31.2 Å². The molecule has 1 heterocycles. The SMILES string of the molecule is CC(=O)Nc1cccc(-n2nnnc2SC(C)C(C)=O)c1. The lowest BCUT2D eigenvalue weighted by atomic mass is 10.3. The normalized spacial score (nSPS) is 12.0. The maximum Gasteiger partial charge on any atom is 0.221 e. The van der Waals surface area contributed by atoms with Gasteiger partial charge in [-0.25, -0.2) is 0 Å². The van der Waals surface area contributed by atoms with Crippen LogP contribution in [0.5, 0.6) is 0 Å². The molecule has 2 aromatic rings. The second-order valence-corrected chi connectivity index (χ2v) is 5.78. The third-order valence-corrected chi connectivity index (χ3v) is 3.86. The zero-order valence-corrected chi connectivity index (χ0v) is 12.7. The van der Waals surface area contributed by atoms with Gasteiger partial charge in [0.05, 0.1) is 10.9 Å². The fourth-order valence-electron chi connectivity index (χ4n) is 1.57. The molecule has 0 saturated carbocycles. The summed E-state index contributed by atoms with van der Waals surface area (Å²) in [4.78, 5) is 22.4. The molecular formula is C13H15N5O2S. The number of tetrazole rings is 1. The molecule has 110 valence electrons. The molecule has 1 unspecified atom stereocenters. The molecule has 1 amide bonds. The summed E-state index contributed by atoms with van der Waals surface area (Å²) in [5, 5.41) is 14.5. The molecule has 0 saturated heterocycles. The number of carbonyl (C=O) groups excluding carboxylic acids is 2. The minimum absolute atomic E-state index is 0.0570. The summed E-state index contributed by atoms with van der Waals surface area (Å²) in [6.07, 6.45) is 0. The van der Waals surface area contributed by atoms with E-state index < -0.39 is 0 Å². The average Bonchev–Trinajstić information content (AvgIpc) is 2.86. The van der Waals surface area contributed by atoms with Crippen LogP contribution in [0.3, 0.4) is 0 Å². The molecule has 2 rings (SSSR count). The summed E-state index contributed by atoms with van der Waals surface area (Å²) in [6, 6.07) is 7.16. The van der Waals surface area contributed by atoms with Crippen LogP contribution in [0, 0.1) is 0 Å². The van der Waals surface area contributed by atoms with E-state index in [2.05, 4.69) is 20.8 Å². The second-order valence-electron chi connectivity index (χ2n) is 4.48. The Morgan fingerprint density at radius 3 is 2.76 bits per heavy atom. The van der Waals surface area contributed by atoms with Crippen LogP contribution in [0.2, 0.25) is 0 Å². The van der Waals surface area contributed by atoms with Crippen molar-refractivity contribution >= 4 is 29.1 Å². The Morgan fingerprint density at radius 2 is 2.10 bits per heavy atom. The first-order valence-corrected chi connectivity index (χ1v) is 7.19. The van der Waals surface area contributed by atoms with E-state index in [9.17, 15) is 9.59 Å². The standard InChI is InChI=1S/C13H15N5O2S/c1-8(19)9(2)21-13-15-16-17-18(13)12-6-4-5-11(7-12)14-10(3)20/h4-7,9H,1-3H3,(H,14,20). The highest BCUT2D eigenvalue weighted by Gasteiger charge is 2.16. The van der Waals surface area contributed by atoms with Crippen LogP contribution in [0.25, 0.3) is 5.69 Å². The number of benzene rings is 1. The van der Waals surface area contributed by atoms with Crippen molar-refractivity contribution < 1.29 is 9.59 Å². The maximum atomic E-state index is 11.3. The molecule has 21 heavy (non-hydrogen) atoms. The molecule has 0 aliphatic carbocycles. The van der Waals surface area contributed by atoms with E-state index in [-0.39, 0.29) is 16.9 Å². The number of rotatable bonds is 5. The first-order chi connectivity index (χ1) is 9.97. The monoisotopic (exact) mass is 305 g/mol. The molecule has 0 aliphatic heterocycles. The lowest BCUT2D eigenvalue weighted by Gasteiger charge is -2.09. The Bertz CT molecular complexity index is 670. The van der Waals surface area contributed by atoms with E-state index in [1.807, 2.05) is 6.07 Å². The van der Waals surface area contributed by atoms with E-state index in [0.29, 0.717) is 16.5 Å². The van der Waals surface area contributed by atoms with Gasteiger partial charge in [-0.2, -0.15) is 4.68 Å². The maximum absolute atomic E-state index is 11.3. The predicted octanol–water partition coefficient (Wildman–Crippen LogP) is 1.69. The molecule has 0 aliphatic rings. The molecule has 0 bridgehead atoms. The van der Waals surface area contributed by atoms with E-state index in [0.717, 1.165) is 0 Å². The Labute approximate surface area is 126 Å². The van der Waals surface area contributed by atoms with Gasteiger partial charge >= 0.3 is 0 Å². The first kappa shape index (κ1) is 15.2. The molecule has 1 N–H and O–H groups in total. The minimum atomic E-state index is -0.228. The molecule has 7 nitrogen and oxygen atoms in total. The van der Waals surface area contributed by atoms with Gasteiger partial charge < -0.3 is 5.32 Å². The number of amides is 1. The van der Waals surface area contributed by atoms with Crippen LogP contribution < -0.4 is 5.32 Å². The van der Waals surface area contributed by atoms with Gasteiger partial charge in [0.15, 0.2) is 0 Å². The number of anilines is 1. The molecule has 0 spiro atoms. The van der Waals surface area contributed by atoms with E-state index in [4.69, 9.17) is 0 Å². The summed E-state index contributed by atoms with van der Waals surface area (Å²) in [6.45, 7) is 4.78. The number of nitrogens with one attached hydrogen (secondary N) is 1. The van der Waals surface area contributed by atoms with Gasteiger partial charge in [-0.05, 0) is 42.5 Å². The van der Waals surface area contributed by atoms with Crippen molar-refractivity contribution in [3.05, 3.63) is 24.3 Å². The topological polar surface area (TPSA) is 89.8 Å². The van der Waals surface area contributed by atoms with Crippen molar-refractivity contribution in [1.29, 1.82) is 0 Å². The number of hydrogen-bond donors (Lipinski definition) is 1. The van der Waals surface area contributed by atoms with Crippen LogP contribution in [-0.2, 0) is 9.59 Å². The van der Waals surface area contributed by atoms with Gasteiger partial charge in [-0.1, -0.05) is 17.8 Å². The lowest BCUT2D eigenvalue weighted by Crippen LogP contribution is -2.10. The average molecular weight is 305 g/mol. The third kappa shape index (κ3) is 3.88. The predicted molar refractivity (Wildman–Crippen MR) is 79.5 cm³/mol. The molecule has 1 aromatic carbocycles. The summed E-state index contributed by atoms with van der Waals surface area (Å²) in [7, 11) is 0. The van der Waals surface area contributed by atoms with Crippen LogP contribution in [0.4, 0.5) is 5.69 Å². The largest absolute Gasteiger partial charge is 0.326 e. The minimum Gasteiger partial charge on any atom is -0.326 e. The Kier molecular flexibility index (Phi) is 4.69. The molecule has 8 heteroatoms. The molecule has 1 atom stereocenters. The van der Waals surface area contributed by atoms with Crippen molar-refractivity contribution in [1.82, 2.24) is 20.2 Å². The van der Waals surface area contributed by atoms with Gasteiger partial charge in [-0.3, -0.25) is 9.59 Å². The Morgan fingerprint density at radius 1 is 1.33 bits per heavy atom. The summed E-state index contributed by atoms with van der Waals surface area (Å²) in [5.74, 6) is -0.0924. The quantitative estimate of drug-likeness (QED) is 0.845. The molecule has 0 fully saturated rings. The number of ketones is 1. The van der Waals surface area contributed by atoms with E-state index >= 15 is 0 Å². The van der Waals surface area contributed by atoms with Crippen molar-refractivity contribution in [2.24, 2.45) is 0 Å². The summed E-state index contributed by atoms with van der Waals surface area (Å²) in [5.41, 5.74) is 1.37. The second kappa shape index (κ2) is 6.49. The van der Waals surface area contributed by atoms with Gasteiger partial charge in [0.2, 0.25) is 11.1 Å². The Hall–Kier alpha value is -2.22. The number of nitrogens with zero attached hydrogens (tertiary/aromatic N) is 4. The molecule has 0 radical (unpaired) electrons. The van der Waals surface area contributed by atoms with Crippen LogP contribution in [0.1, 0.15) is 20.8 Å². The number of Topliss-reactive ketones (excluding diaryl/α,β-unsaturated/α-hetero) is 1. The summed E-state index contributed by atoms with van der Waals surface area (Å²) < 4.78 is 1.54. The van der Waals surface area contributed by atoms with Crippen LogP contribution >= 0.6 is 11.8 Å². The molecular weight excluding hydrogens is 290 g/mol. The lowest BCUT2D eigenvalue weighted by molar-refractivity contribution is -0.116. The molecule has 1 aromatic heterocycles. The van der Waals surface area contributed by atoms with Crippen molar-refractivity contribution in [2.75, 3.05) is 5.32 Å².